The number of fused-ring (bicyclic) bond motifs is 1. The maximum atomic E-state index is 2.31. The van der Waals surface area contributed by atoms with Crippen LogP contribution in [0.25, 0.3) is 10.8 Å². The largest absolute Gasteiger partial charge is 0.0622 e. The molecule has 0 heteroatoms. The third-order valence-corrected chi connectivity index (χ3v) is 5.38. The van der Waals surface area contributed by atoms with Crippen LogP contribution in [0.5, 0.6) is 0 Å². The molecule has 0 aliphatic rings. The smallest absolute Gasteiger partial charge is 0.0346 e. The zero-order chi connectivity index (χ0) is 18.9. The van der Waals surface area contributed by atoms with Crippen LogP contribution in [0.4, 0.5) is 0 Å². The molecule has 0 saturated heterocycles. The summed E-state index contributed by atoms with van der Waals surface area (Å²) in [5.41, 5.74) is 5.57. The van der Waals surface area contributed by atoms with Gasteiger partial charge >= 0.3 is 0 Å². The summed E-state index contributed by atoms with van der Waals surface area (Å²) in [4.78, 5) is 0. The molecule has 0 bridgehead atoms. The highest BCUT2D eigenvalue weighted by Gasteiger charge is 2.20. The molecule has 0 radical (unpaired) electrons. The van der Waals surface area contributed by atoms with Gasteiger partial charge < -0.3 is 0 Å². The summed E-state index contributed by atoms with van der Waals surface area (Å²) in [6, 6.07) is 35.4. The minimum atomic E-state index is 0.167. The summed E-state index contributed by atoms with van der Waals surface area (Å²) in [6.07, 6.45) is 0. The van der Waals surface area contributed by atoms with Crippen molar-refractivity contribution in [1.29, 1.82) is 0 Å². The molecule has 0 saturated carbocycles. The predicted octanol–water partition coefficient (Wildman–Crippen LogP) is 7.32. The van der Waals surface area contributed by atoms with E-state index in [9.17, 15) is 0 Å². The standard InChI is InChI=1S/C27H26/c1-27(2,3)23-18-16-22(17-19-23)26(21-11-5-4-6-12-21)25-15-9-13-20-10-7-8-14-24(20)25/h4-19,26H,1-3H3. The van der Waals surface area contributed by atoms with Crippen LogP contribution in [-0.4, -0.2) is 0 Å². The lowest BCUT2D eigenvalue weighted by Gasteiger charge is -2.23. The van der Waals surface area contributed by atoms with Crippen molar-refractivity contribution in [3.05, 3.63) is 119 Å². The molecule has 4 rings (SSSR count). The van der Waals surface area contributed by atoms with E-state index < -0.39 is 0 Å². The highest BCUT2D eigenvalue weighted by atomic mass is 14.2. The Hall–Kier alpha value is -2.86. The van der Waals surface area contributed by atoms with E-state index in [-0.39, 0.29) is 11.3 Å². The first-order valence-electron chi connectivity index (χ1n) is 9.67. The lowest BCUT2D eigenvalue weighted by atomic mass is 9.81. The summed E-state index contributed by atoms with van der Waals surface area (Å²) >= 11 is 0. The molecule has 0 spiro atoms. The Balaban J connectivity index is 1.91. The van der Waals surface area contributed by atoms with E-state index >= 15 is 0 Å². The maximum Gasteiger partial charge on any atom is 0.0346 e. The average Bonchev–Trinajstić information content (AvgIpc) is 2.69. The molecule has 0 aromatic heterocycles. The lowest BCUT2D eigenvalue weighted by molar-refractivity contribution is 0.590. The van der Waals surface area contributed by atoms with Crippen LogP contribution < -0.4 is 0 Å². The molecule has 0 amide bonds. The molecule has 0 heterocycles. The molecular formula is C27H26. The first-order chi connectivity index (χ1) is 13.0. The van der Waals surface area contributed by atoms with Crippen LogP contribution >= 0.6 is 0 Å². The minimum absolute atomic E-state index is 0.167. The van der Waals surface area contributed by atoms with E-state index in [4.69, 9.17) is 0 Å². The number of hydrogen-bond acceptors (Lipinski definition) is 0. The van der Waals surface area contributed by atoms with E-state index in [1.807, 2.05) is 0 Å². The summed E-state index contributed by atoms with van der Waals surface area (Å²) in [6.45, 7) is 6.80. The van der Waals surface area contributed by atoms with Crippen LogP contribution in [0.3, 0.4) is 0 Å². The highest BCUT2D eigenvalue weighted by Crippen LogP contribution is 2.36. The molecule has 0 aliphatic heterocycles. The minimum Gasteiger partial charge on any atom is -0.0622 e. The van der Waals surface area contributed by atoms with Crippen molar-refractivity contribution in [3.63, 3.8) is 0 Å². The molecule has 27 heavy (non-hydrogen) atoms. The van der Waals surface area contributed by atoms with Crippen molar-refractivity contribution in [2.45, 2.75) is 32.1 Å². The van der Waals surface area contributed by atoms with E-state index in [1.54, 1.807) is 0 Å². The topological polar surface area (TPSA) is 0 Å². The monoisotopic (exact) mass is 350 g/mol. The molecule has 0 nitrogen and oxygen atoms in total. The van der Waals surface area contributed by atoms with Crippen molar-refractivity contribution < 1.29 is 0 Å². The molecular weight excluding hydrogens is 324 g/mol. The summed E-state index contributed by atoms with van der Waals surface area (Å²) in [5, 5.41) is 2.62. The van der Waals surface area contributed by atoms with Crippen LogP contribution in [0.2, 0.25) is 0 Å². The molecule has 1 atom stereocenters. The van der Waals surface area contributed by atoms with Gasteiger partial charge in [0.05, 0.1) is 0 Å². The van der Waals surface area contributed by atoms with E-state index in [0.29, 0.717) is 0 Å². The van der Waals surface area contributed by atoms with Crippen molar-refractivity contribution in [2.24, 2.45) is 0 Å². The maximum absolute atomic E-state index is 2.31. The Morgan fingerprint density at radius 2 is 1.15 bits per heavy atom. The van der Waals surface area contributed by atoms with Gasteiger partial charge in [-0.25, -0.2) is 0 Å². The van der Waals surface area contributed by atoms with Crippen molar-refractivity contribution in [2.75, 3.05) is 0 Å². The fourth-order valence-corrected chi connectivity index (χ4v) is 3.87. The normalized spacial score (nSPS) is 12.9. The Labute approximate surface area is 162 Å². The van der Waals surface area contributed by atoms with E-state index in [1.165, 1.54) is 33.0 Å². The fourth-order valence-electron chi connectivity index (χ4n) is 3.87. The second kappa shape index (κ2) is 7.04. The van der Waals surface area contributed by atoms with Crippen LogP contribution in [0.15, 0.2) is 97.1 Å². The highest BCUT2D eigenvalue weighted by molar-refractivity contribution is 5.87. The molecule has 4 aromatic carbocycles. The van der Waals surface area contributed by atoms with Crippen molar-refractivity contribution in [1.82, 2.24) is 0 Å². The molecule has 0 N–H and O–H groups in total. The summed E-state index contributed by atoms with van der Waals surface area (Å²) < 4.78 is 0. The summed E-state index contributed by atoms with van der Waals surface area (Å²) in [5.74, 6) is 0.228. The molecule has 1 unspecified atom stereocenters. The van der Waals surface area contributed by atoms with Crippen LogP contribution in [0, 0.1) is 0 Å². The molecule has 134 valence electrons. The van der Waals surface area contributed by atoms with Gasteiger partial charge in [-0.2, -0.15) is 0 Å². The number of hydrogen-bond donors (Lipinski definition) is 0. The van der Waals surface area contributed by atoms with Crippen LogP contribution in [0.1, 0.15) is 48.9 Å². The molecule has 4 aromatic rings. The summed E-state index contributed by atoms with van der Waals surface area (Å²) in [7, 11) is 0. The Bertz CT molecular complexity index is 1030. The van der Waals surface area contributed by atoms with Gasteiger partial charge in [0.25, 0.3) is 0 Å². The van der Waals surface area contributed by atoms with Gasteiger partial charge in [0.2, 0.25) is 0 Å². The Morgan fingerprint density at radius 1 is 0.556 bits per heavy atom. The zero-order valence-electron chi connectivity index (χ0n) is 16.3. The second-order valence-corrected chi connectivity index (χ2v) is 8.28. The average molecular weight is 351 g/mol. The zero-order valence-corrected chi connectivity index (χ0v) is 16.3. The fraction of sp³-hybridized carbons (Fsp3) is 0.185. The number of rotatable bonds is 3. The van der Waals surface area contributed by atoms with Gasteiger partial charge in [0.15, 0.2) is 0 Å². The van der Waals surface area contributed by atoms with Gasteiger partial charge in [0, 0.05) is 5.92 Å². The molecule has 0 fully saturated rings. The molecule has 0 aliphatic carbocycles. The van der Waals surface area contributed by atoms with Gasteiger partial charge in [0.1, 0.15) is 0 Å². The van der Waals surface area contributed by atoms with Crippen molar-refractivity contribution in [3.8, 4) is 0 Å². The lowest BCUT2D eigenvalue weighted by Crippen LogP contribution is -2.11. The number of benzene rings is 4. The first kappa shape index (κ1) is 17.5. The van der Waals surface area contributed by atoms with Gasteiger partial charge in [-0.3, -0.25) is 0 Å². The van der Waals surface area contributed by atoms with Gasteiger partial charge in [-0.1, -0.05) is 118 Å². The Morgan fingerprint density at radius 3 is 1.85 bits per heavy atom. The predicted molar refractivity (Wildman–Crippen MR) is 116 cm³/mol. The first-order valence-corrected chi connectivity index (χ1v) is 9.67. The van der Waals surface area contributed by atoms with E-state index in [2.05, 4.69) is 118 Å². The van der Waals surface area contributed by atoms with Gasteiger partial charge in [-0.05, 0) is 38.4 Å². The second-order valence-electron chi connectivity index (χ2n) is 8.28. The van der Waals surface area contributed by atoms with Crippen molar-refractivity contribution >= 4 is 10.8 Å². The quantitative estimate of drug-likeness (QED) is 0.340. The van der Waals surface area contributed by atoms with Gasteiger partial charge in [-0.15, -0.1) is 0 Å². The third-order valence-electron chi connectivity index (χ3n) is 5.38. The Kier molecular flexibility index (Phi) is 4.58. The van der Waals surface area contributed by atoms with E-state index in [0.717, 1.165) is 0 Å². The SMILES string of the molecule is CC(C)(C)c1ccc(C(c2ccccc2)c2cccc3ccccc23)cc1. The third kappa shape index (κ3) is 3.53. The van der Waals surface area contributed by atoms with Crippen LogP contribution in [-0.2, 0) is 5.41 Å².